The highest BCUT2D eigenvalue weighted by atomic mass is 79.9. The van der Waals surface area contributed by atoms with Crippen molar-refractivity contribution in [3.05, 3.63) is 93.2 Å². The third-order valence-electron chi connectivity index (χ3n) is 4.36. The van der Waals surface area contributed by atoms with Gasteiger partial charge in [-0.1, -0.05) is 36.4 Å². The van der Waals surface area contributed by atoms with E-state index >= 15 is 0 Å². The van der Waals surface area contributed by atoms with E-state index in [0.29, 0.717) is 27.1 Å². The van der Waals surface area contributed by atoms with Crippen molar-refractivity contribution in [1.82, 2.24) is 0 Å². The van der Waals surface area contributed by atoms with Crippen LogP contribution in [0.25, 0.3) is 11.6 Å². The molecule has 0 aliphatic rings. The molecule has 6 heteroatoms. The Balaban J connectivity index is 1.93. The molecule has 0 N–H and O–H groups in total. The van der Waals surface area contributed by atoms with Gasteiger partial charge in [-0.2, -0.15) is 10.5 Å². The number of nitriles is 2. The van der Waals surface area contributed by atoms with Gasteiger partial charge < -0.3 is 9.47 Å². The molecular weight excluding hydrogens is 447 g/mol. The standard InChI is InChI=1S/C24H16BrFN2O2/c1-29-23-12-16(10-19(14-28)20-8-4-5-9-22(20)26)11-21(25)24(23)30-15-18-7-3-2-6-17(18)13-27/h2-12H,15H2,1H3/b19-10-. The Hall–Kier alpha value is -3.61. The number of hydrogen-bond donors (Lipinski definition) is 0. The zero-order valence-corrected chi connectivity index (χ0v) is 17.6. The topological polar surface area (TPSA) is 66.0 Å². The van der Waals surface area contributed by atoms with Crippen molar-refractivity contribution in [2.24, 2.45) is 0 Å². The molecule has 3 aromatic carbocycles. The van der Waals surface area contributed by atoms with Crippen LogP contribution in [0.3, 0.4) is 0 Å². The second-order valence-corrected chi connectivity index (χ2v) is 7.10. The summed E-state index contributed by atoms with van der Waals surface area (Å²) in [5.41, 5.74) is 2.35. The average Bonchev–Trinajstić information content (AvgIpc) is 2.77. The highest BCUT2D eigenvalue weighted by Gasteiger charge is 2.14. The number of halogens is 2. The van der Waals surface area contributed by atoms with Crippen LogP contribution in [0.4, 0.5) is 4.39 Å². The van der Waals surface area contributed by atoms with E-state index in [1.807, 2.05) is 18.2 Å². The SMILES string of the molecule is COc1cc(/C=C(/C#N)c2ccccc2F)cc(Br)c1OCc1ccccc1C#N. The van der Waals surface area contributed by atoms with E-state index < -0.39 is 5.82 Å². The lowest BCUT2D eigenvalue weighted by Gasteiger charge is -2.14. The Morgan fingerprint density at radius 3 is 2.53 bits per heavy atom. The number of methoxy groups -OCH3 is 1. The second kappa shape index (κ2) is 9.73. The van der Waals surface area contributed by atoms with E-state index in [-0.39, 0.29) is 17.7 Å². The average molecular weight is 463 g/mol. The Kier molecular flexibility index (Phi) is 6.85. The summed E-state index contributed by atoms with van der Waals surface area (Å²) in [7, 11) is 1.51. The summed E-state index contributed by atoms with van der Waals surface area (Å²) in [6.07, 6.45) is 1.58. The predicted octanol–water partition coefficient (Wildman–Crippen LogP) is 6.11. The van der Waals surface area contributed by atoms with Crippen LogP contribution in [0.15, 0.2) is 65.1 Å². The van der Waals surface area contributed by atoms with Crippen molar-refractivity contribution in [1.29, 1.82) is 10.5 Å². The molecule has 0 amide bonds. The van der Waals surface area contributed by atoms with E-state index in [2.05, 4.69) is 22.0 Å². The van der Waals surface area contributed by atoms with Gasteiger partial charge in [0.1, 0.15) is 12.4 Å². The first-order valence-corrected chi connectivity index (χ1v) is 9.71. The van der Waals surface area contributed by atoms with E-state index in [9.17, 15) is 14.9 Å². The van der Waals surface area contributed by atoms with Gasteiger partial charge in [0.2, 0.25) is 0 Å². The Labute approximate surface area is 182 Å². The number of nitrogens with zero attached hydrogens (tertiary/aromatic N) is 2. The molecule has 0 saturated heterocycles. The van der Waals surface area contributed by atoms with Gasteiger partial charge in [-0.3, -0.25) is 0 Å². The molecule has 0 unspecified atom stereocenters. The van der Waals surface area contributed by atoms with Gasteiger partial charge in [-0.15, -0.1) is 0 Å². The summed E-state index contributed by atoms with van der Waals surface area (Å²) in [6, 6.07) is 20.9. The van der Waals surface area contributed by atoms with Crippen LogP contribution in [-0.4, -0.2) is 7.11 Å². The number of allylic oxidation sites excluding steroid dienone is 1. The highest BCUT2D eigenvalue weighted by molar-refractivity contribution is 9.10. The van der Waals surface area contributed by atoms with Gasteiger partial charge in [0.15, 0.2) is 11.5 Å². The molecule has 30 heavy (non-hydrogen) atoms. The molecular formula is C24H16BrFN2O2. The van der Waals surface area contributed by atoms with Crippen molar-refractivity contribution in [3.8, 4) is 23.6 Å². The minimum absolute atomic E-state index is 0.187. The molecule has 148 valence electrons. The van der Waals surface area contributed by atoms with E-state index in [0.717, 1.165) is 5.56 Å². The quantitative estimate of drug-likeness (QED) is 0.327. The van der Waals surface area contributed by atoms with Gasteiger partial charge in [0, 0.05) is 11.1 Å². The predicted molar refractivity (Wildman–Crippen MR) is 116 cm³/mol. The first-order chi connectivity index (χ1) is 14.6. The Bertz CT molecular complexity index is 1190. The molecule has 0 fully saturated rings. The number of hydrogen-bond acceptors (Lipinski definition) is 4. The Morgan fingerprint density at radius 2 is 1.83 bits per heavy atom. The van der Waals surface area contributed by atoms with Gasteiger partial charge in [-0.05, 0) is 51.8 Å². The van der Waals surface area contributed by atoms with Gasteiger partial charge in [-0.25, -0.2) is 4.39 Å². The molecule has 3 rings (SSSR count). The molecule has 0 spiro atoms. The first kappa shape index (κ1) is 21.1. The van der Waals surface area contributed by atoms with Crippen LogP contribution in [0.1, 0.15) is 22.3 Å². The minimum Gasteiger partial charge on any atom is -0.493 e. The van der Waals surface area contributed by atoms with Crippen molar-refractivity contribution in [3.63, 3.8) is 0 Å². The fourth-order valence-corrected chi connectivity index (χ4v) is 3.46. The van der Waals surface area contributed by atoms with E-state index in [1.54, 1.807) is 48.5 Å². The largest absolute Gasteiger partial charge is 0.493 e. The molecule has 0 radical (unpaired) electrons. The van der Waals surface area contributed by atoms with Crippen LogP contribution < -0.4 is 9.47 Å². The lowest BCUT2D eigenvalue weighted by atomic mass is 10.0. The monoisotopic (exact) mass is 462 g/mol. The minimum atomic E-state index is -0.465. The summed E-state index contributed by atoms with van der Waals surface area (Å²) in [4.78, 5) is 0. The highest BCUT2D eigenvalue weighted by Crippen LogP contribution is 2.38. The maximum atomic E-state index is 14.1. The van der Waals surface area contributed by atoms with E-state index in [1.165, 1.54) is 13.2 Å². The third-order valence-corrected chi connectivity index (χ3v) is 4.95. The molecule has 4 nitrogen and oxygen atoms in total. The van der Waals surface area contributed by atoms with Crippen molar-refractivity contribution < 1.29 is 13.9 Å². The summed E-state index contributed by atoms with van der Waals surface area (Å²) < 4.78 is 26.0. The number of ether oxygens (including phenoxy) is 2. The van der Waals surface area contributed by atoms with Crippen LogP contribution >= 0.6 is 15.9 Å². The summed E-state index contributed by atoms with van der Waals surface area (Å²) in [6.45, 7) is 0.187. The molecule has 0 heterocycles. The molecule has 0 atom stereocenters. The summed E-state index contributed by atoms with van der Waals surface area (Å²) >= 11 is 3.47. The maximum absolute atomic E-state index is 14.1. The zero-order chi connectivity index (χ0) is 21.5. The van der Waals surface area contributed by atoms with E-state index in [4.69, 9.17) is 9.47 Å². The normalized spacial score (nSPS) is 10.8. The third kappa shape index (κ3) is 4.68. The van der Waals surface area contributed by atoms with Crippen LogP contribution in [0.5, 0.6) is 11.5 Å². The molecule has 3 aromatic rings. The maximum Gasteiger partial charge on any atom is 0.175 e. The van der Waals surface area contributed by atoms with Crippen LogP contribution in [0.2, 0.25) is 0 Å². The summed E-state index contributed by atoms with van der Waals surface area (Å²) in [5, 5.41) is 18.7. The second-order valence-electron chi connectivity index (χ2n) is 6.24. The van der Waals surface area contributed by atoms with Crippen molar-refractivity contribution >= 4 is 27.6 Å². The van der Waals surface area contributed by atoms with Gasteiger partial charge in [0.05, 0.1) is 34.9 Å². The van der Waals surface area contributed by atoms with Gasteiger partial charge in [0.25, 0.3) is 0 Å². The number of rotatable bonds is 6. The molecule has 0 bridgehead atoms. The molecule has 0 saturated carbocycles. The molecule has 0 aliphatic heterocycles. The first-order valence-electron chi connectivity index (χ1n) is 8.92. The lowest BCUT2D eigenvalue weighted by molar-refractivity contribution is 0.282. The lowest BCUT2D eigenvalue weighted by Crippen LogP contribution is -2.01. The fraction of sp³-hybridized carbons (Fsp3) is 0.0833. The van der Waals surface area contributed by atoms with Crippen molar-refractivity contribution in [2.75, 3.05) is 7.11 Å². The zero-order valence-electron chi connectivity index (χ0n) is 16.0. The Morgan fingerprint density at radius 1 is 1.10 bits per heavy atom. The van der Waals surface area contributed by atoms with Gasteiger partial charge >= 0.3 is 0 Å². The fourth-order valence-electron chi connectivity index (χ4n) is 2.88. The smallest absolute Gasteiger partial charge is 0.175 e. The molecule has 0 aromatic heterocycles. The van der Waals surface area contributed by atoms with Crippen LogP contribution in [0, 0.1) is 28.5 Å². The van der Waals surface area contributed by atoms with Crippen molar-refractivity contribution in [2.45, 2.75) is 6.61 Å². The van der Waals surface area contributed by atoms with Crippen LogP contribution in [-0.2, 0) is 6.61 Å². The number of benzene rings is 3. The summed E-state index contributed by atoms with van der Waals surface area (Å²) in [5.74, 6) is 0.440. The molecule has 0 aliphatic carbocycles.